The van der Waals surface area contributed by atoms with E-state index in [0.29, 0.717) is 23.9 Å². The predicted molar refractivity (Wildman–Crippen MR) is 136 cm³/mol. The highest BCUT2D eigenvalue weighted by atomic mass is 16.5. The maximum Gasteiger partial charge on any atom is 0.0741 e. The summed E-state index contributed by atoms with van der Waals surface area (Å²) < 4.78 is 5.82. The van der Waals surface area contributed by atoms with Crippen molar-refractivity contribution >= 4 is 0 Å². The molecule has 3 rings (SSSR count). The van der Waals surface area contributed by atoms with Gasteiger partial charge in [-0.25, -0.2) is 0 Å². The first kappa shape index (κ1) is 29.5. The molecule has 176 valence electrons. The van der Waals surface area contributed by atoms with Gasteiger partial charge in [0, 0.05) is 12.5 Å². The van der Waals surface area contributed by atoms with Gasteiger partial charge in [-0.15, -0.1) is 25.7 Å². The number of hydrogen-bond acceptors (Lipinski definition) is 2. The van der Waals surface area contributed by atoms with E-state index in [0.717, 1.165) is 32.1 Å². The van der Waals surface area contributed by atoms with Crippen molar-refractivity contribution in [1.29, 1.82) is 0 Å². The van der Waals surface area contributed by atoms with Gasteiger partial charge in [-0.05, 0) is 62.2 Å². The first-order chi connectivity index (χ1) is 14.5. The van der Waals surface area contributed by atoms with E-state index in [1.165, 1.54) is 16.7 Å². The molecule has 0 aromatic rings. The number of aliphatic hydroxyl groups is 1. The molecule has 0 saturated heterocycles. The minimum absolute atomic E-state index is 0.0845. The zero-order chi connectivity index (χ0) is 24.8. The smallest absolute Gasteiger partial charge is 0.0741 e. The Morgan fingerprint density at radius 3 is 2.03 bits per heavy atom. The Kier molecular flexibility index (Phi) is 10.9. The normalized spacial score (nSPS) is 38.3. The molecule has 0 aliphatic heterocycles. The third-order valence-electron chi connectivity index (χ3n) is 8.58. The molecule has 0 aromatic heterocycles. The Morgan fingerprint density at radius 2 is 1.55 bits per heavy atom. The van der Waals surface area contributed by atoms with Crippen LogP contribution in [0.3, 0.4) is 0 Å². The highest BCUT2D eigenvalue weighted by Crippen LogP contribution is 2.62. The van der Waals surface area contributed by atoms with Crippen molar-refractivity contribution in [3.05, 3.63) is 23.3 Å². The first-order valence-corrected chi connectivity index (χ1v) is 11.8. The molecule has 2 heteroatoms. The molecule has 0 spiro atoms. The lowest BCUT2D eigenvalue weighted by atomic mass is 9.47. The van der Waals surface area contributed by atoms with Gasteiger partial charge in [-0.3, -0.25) is 0 Å². The van der Waals surface area contributed by atoms with Crippen LogP contribution in [0.1, 0.15) is 87.5 Å². The largest absolute Gasteiger partial charge is 0.389 e. The van der Waals surface area contributed by atoms with Crippen molar-refractivity contribution in [2.24, 2.45) is 28.6 Å². The number of rotatable bonds is 1. The maximum absolute atomic E-state index is 11.8. The van der Waals surface area contributed by atoms with E-state index < -0.39 is 5.60 Å². The van der Waals surface area contributed by atoms with Crippen molar-refractivity contribution in [2.75, 3.05) is 7.11 Å². The molecular formula is C29H48O2. The average Bonchev–Trinajstić information content (AvgIpc) is 2.76. The lowest BCUT2D eigenvalue weighted by molar-refractivity contribution is -0.122. The summed E-state index contributed by atoms with van der Waals surface area (Å²) in [7, 11) is 1.84. The molecule has 0 heterocycles. The van der Waals surface area contributed by atoms with Gasteiger partial charge >= 0.3 is 0 Å². The molecule has 0 radical (unpaired) electrons. The van der Waals surface area contributed by atoms with Crippen LogP contribution in [0.25, 0.3) is 0 Å². The number of allylic oxidation sites excluding steroid dienone is 2. The molecule has 0 amide bonds. The van der Waals surface area contributed by atoms with E-state index in [-0.39, 0.29) is 10.8 Å². The fourth-order valence-electron chi connectivity index (χ4n) is 6.74. The van der Waals surface area contributed by atoms with E-state index >= 15 is 0 Å². The minimum Gasteiger partial charge on any atom is -0.389 e. The summed E-state index contributed by atoms with van der Waals surface area (Å²) in [6, 6.07) is 0. The van der Waals surface area contributed by atoms with Crippen LogP contribution in [0.15, 0.2) is 23.3 Å². The Morgan fingerprint density at radius 1 is 1.03 bits per heavy atom. The van der Waals surface area contributed by atoms with E-state index in [9.17, 15) is 5.11 Å². The molecule has 1 N–H and O–H groups in total. The zero-order valence-electron chi connectivity index (χ0n) is 21.7. The Hall–Kier alpha value is -1.48. The molecule has 2 bridgehead atoms. The summed E-state index contributed by atoms with van der Waals surface area (Å²) >= 11 is 0. The quantitative estimate of drug-likeness (QED) is 0.358. The molecule has 2 saturated carbocycles. The number of fused-ring (bicyclic) bond motifs is 3. The number of ether oxygens (including phenoxy) is 1. The summed E-state index contributed by atoms with van der Waals surface area (Å²) in [6.45, 7) is 22.5. The summed E-state index contributed by atoms with van der Waals surface area (Å²) in [6.07, 6.45) is 21.2. The van der Waals surface area contributed by atoms with Gasteiger partial charge in [-0.2, -0.15) is 0 Å². The van der Waals surface area contributed by atoms with E-state index in [1.807, 2.05) is 21.0 Å². The van der Waals surface area contributed by atoms with Crippen molar-refractivity contribution in [2.45, 2.75) is 99.2 Å². The van der Waals surface area contributed by atoms with Gasteiger partial charge < -0.3 is 9.84 Å². The second kappa shape index (κ2) is 11.4. The van der Waals surface area contributed by atoms with Gasteiger partial charge in [0.2, 0.25) is 0 Å². The molecule has 0 aromatic carbocycles. The molecule has 31 heavy (non-hydrogen) atoms. The monoisotopic (exact) mass is 428 g/mol. The van der Waals surface area contributed by atoms with E-state index in [1.54, 1.807) is 0 Å². The van der Waals surface area contributed by atoms with E-state index in [4.69, 9.17) is 4.74 Å². The highest BCUT2D eigenvalue weighted by molar-refractivity contribution is 5.38. The van der Waals surface area contributed by atoms with Crippen LogP contribution in [-0.2, 0) is 4.74 Å². The van der Waals surface area contributed by atoms with Crippen LogP contribution in [0.4, 0.5) is 0 Å². The van der Waals surface area contributed by atoms with Crippen LogP contribution in [0.2, 0.25) is 0 Å². The minimum atomic E-state index is -0.623. The molecule has 3 aliphatic rings. The number of hydrogen-bond donors (Lipinski definition) is 1. The maximum atomic E-state index is 11.8. The van der Waals surface area contributed by atoms with Crippen molar-refractivity contribution in [1.82, 2.24) is 0 Å². The van der Waals surface area contributed by atoms with Crippen LogP contribution in [0.5, 0.6) is 0 Å². The fourth-order valence-corrected chi connectivity index (χ4v) is 6.74. The number of methoxy groups -OCH3 is 1. The molecule has 2 fully saturated rings. The van der Waals surface area contributed by atoms with Gasteiger partial charge in [0.05, 0.1) is 11.7 Å². The van der Waals surface area contributed by atoms with Crippen molar-refractivity contribution in [3.63, 3.8) is 0 Å². The first-order valence-electron chi connectivity index (χ1n) is 11.8. The second-order valence-electron chi connectivity index (χ2n) is 10.1. The van der Waals surface area contributed by atoms with Gasteiger partial charge in [0.1, 0.15) is 0 Å². The lowest BCUT2D eigenvalue weighted by Gasteiger charge is -2.59. The average molecular weight is 429 g/mol. The van der Waals surface area contributed by atoms with Gasteiger partial charge in [0.25, 0.3) is 0 Å². The summed E-state index contributed by atoms with van der Waals surface area (Å²) in [4.78, 5) is 0. The van der Waals surface area contributed by atoms with Crippen LogP contribution >= 0.6 is 0 Å². The lowest BCUT2D eigenvalue weighted by Crippen LogP contribution is -2.56. The van der Waals surface area contributed by atoms with Crippen LogP contribution < -0.4 is 0 Å². The van der Waals surface area contributed by atoms with Crippen molar-refractivity contribution in [3.8, 4) is 25.7 Å². The highest BCUT2D eigenvalue weighted by Gasteiger charge is 2.57. The molecular weight excluding hydrogens is 380 g/mol. The third-order valence-corrected chi connectivity index (χ3v) is 8.58. The van der Waals surface area contributed by atoms with Gasteiger partial charge in [-0.1, -0.05) is 71.8 Å². The standard InChI is InChI=1S/C23H38O2.C2H6.2C2H2/c1-14-9-10-23(24)13-18-11-19(25-8)15(2)12-22(18,7)17(4)16(3)20(14)21(23,5)6;3*1-2/h15-16,18-19,24H,4,9-13H2,1-3,5-8H3;1-2H3;2*1-2H/t15-,16+,18?,19+,22+,23-;;;/m1.../s1. The molecule has 1 unspecified atom stereocenters. The SMILES string of the molecule is C#C.C#C.C=C1[C@H](C)C2=C(C)CC[C@@](O)(CC3C[C@H](OC)[C@H](C)C[C@@]13C)C2(C)C.CC. The third kappa shape index (κ3) is 4.97. The predicted octanol–water partition coefficient (Wildman–Crippen LogP) is 7.04. The summed E-state index contributed by atoms with van der Waals surface area (Å²) in [5.74, 6) is 1.31. The van der Waals surface area contributed by atoms with Crippen LogP contribution in [0, 0.1) is 54.3 Å². The Bertz CT molecular complexity index is 673. The Labute approximate surface area is 193 Å². The van der Waals surface area contributed by atoms with Crippen LogP contribution in [-0.4, -0.2) is 23.9 Å². The number of terminal acetylenes is 2. The van der Waals surface area contributed by atoms with Crippen molar-refractivity contribution < 1.29 is 9.84 Å². The molecule has 3 aliphatic carbocycles. The molecule has 2 nitrogen and oxygen atoms in total. The van der Waals surface area contributed by atoms with Gasteiger partial charge in [0.15, 0.2) is 0 Å². The zero-order valence-corrected chi connectivity index (χ0v) is 21.7. The Balaban J connectivity index is 0.00000138. The fraction of sp³-hybridized carbons (Fsp3) is 0.724. The summed E-state index contributed by atoms with van der Waals surface area (Å²) in [5.41, 5.74) is 3.58. The summed E-state index contributed by atoms with van der Waals surface area (Å²) in [5, 5.41) is 11.8. The topological polar surface area (TPSA) is 29.5 Å². The second-order valence-corrected chi connectivity index (χ2v) is 10.1. The molecule has 6 atom stereocenters. The van der Waals surface area contributed by atoms with E-state index in [2.05, 4.69) is 73.8 Å².